The number of nitrogens with one attached hydrogen (secondary N) is 1. The summed E-state index contributed by atoms with van der Waals surface area (Å²) >= 11 is 0. The molecule has 0 aliphatic heterocycles. The molecular weight excluding hydrogens is 364 g/mol. The molecule has 0 bridgehead atoms. The predicted molar refractivity (Wildman–Crippen MR) is 99.5 cm³/mol. The van der Waals surface area contributed by atoms with E-state index in [1.165, 1.54) is 18.2 Å². The number of fused-ring (bicyclic) bond motifs is 2. The van der Waals surface area contributed by atoms with Crippen molar-refractivity contribution in [3.63, 3.8) is 0 Å². The Balaban J connectivity index is 2.03. The first kappa shape index (κ1) is 17.2. The van der Waals surface area contributed by atoms with E-state index in [4.69, 9.17) is 0 Å². The van der Waals surface area contributed by atoms with Crippen molar-refractivity contribution < 1.29 is 24.7 Å². The molecule has 0 atom stereocenters. The molecule has 1 aliphatic carbocycles. The molecular formula is C20H12N2O6. The summed E-state index contributed by atoms with van der Waals surface area (Å²) in [6, 6.07) is 14.1. The number of anilines is 2. The minimum absolute atomic E-state index is 0.0225. The quantitative estimate of drug-likeness (QED) is 0.283. The van der Waals surface area contributed by atoms with Gasteiger partial charge in [0.25, 0.3) is 0 Å². The van der Waals surface area contributed by atoms with Crippen LogP contribution in [0.1, 0.15) is 31.8 Å². The van der Waals surface area contributed by atoms with Crippen LogP contribution in [0.4, 0.5) is 17.1 Å². The molecule has 28 heavy (non-hydrogen) atoms. The van der Waals surface area contributed by atoms with Crippen molar-refractivity contribution in [2.45, 2.75) is 0 Å². The molecule has 3 N–H and O–H groups in total. The summed E-state index contributed by atoms with van der Waals surface area (Å²) in [5, 5.41) is 35.5. The van der Waals surface area contributed by atoms with Gasteiger partial charge in [0.05, 0.1) is 10.5 Å². The van der Waals surface area contributed by atoms with Gasteiger partial charge in [0.15, 0.2) is 11.5 Å². The number of nitrogens with zero attached hydrogens (tertiary/aromatic N) is 1. The van der Waals surface area contributed by atoms with E-state index in [-0.39, 0.29) is 11.1 Å². The number of hydrogen-bond donors (Lipinski definition) is 3. The minimum Gasteiger partial charge on any atom is -0.505 e. The summed E-state index contributed by atoms with van der Waals surface area (Å²) in [4.78, 5) is 36.5. The molecule has 0 saturated heterocycles. The Morgan fingerprint density at radius 1 is 0.786 bits per heavy atom. The molecule has 0 aromatic heterocycles. The van der Waals surface area contributed by atoms with E-state index >= 15 is 0 Å². The van der Waals surface area contributed by atoms with Crippen LogP contribution in [0.3, 0.4) is 0 Å². The summed E-state index contributed by atoms with van der Waals surface area (Å²) in [7, 11) is 0. The highest BCUT2D eigenvalue weighted by Gasteiger charge is 2.42. The van der Waals surface area contributed by atoms with E-state index in [1.807, 2.05) is 0 Å². The summed E-state index contributed by atoms with van der Waals surface area (Å²) in [6.45, 7) is 0. The molecule has 0 radical (unpaired) electrons. The van der Waals surface area contributed by atoms with Gasteiger partial charge in [0.1, 0.15) is 11.3 Å². The lowest BCUT2D eigenvalue weighted by Gasteiger charge is -2.21. The first-order valence-corrected chi connectivity index (χ1v) is 8.18. The lowest BCUT2D eigenvalue weighted by atomic mass is 9.82. The normalized spacial score (nSPS) is 12.3. The number of carbonyl (C=O) groups is 2. The van der Waals surface area contributed by atoms with Crippen LogP contribution in [-0.4, -0.2) is 26.7 Å². The fraction of sp³-hybridized carbons (Fsp3) is 0. The van der Waals surface area contributed by atoms with Gasteiger partial charge in [-0.3, -0.25) is 19.7 Å². The average molecular weight is 376 g/mol. The zero-order valence-electron chi connectivity index (χ0n) is 14.2. The third-order valence-corrected chi connectivity index (χ3v) is 4.52. The lowest BCUT2D eigenvalue weighted by Crippen LogP contribution is -2.23. The maximum Gasteiger partial charge on any atom is 0.325 e. The maximum atomic E-state index is 12.9. The summed E-state index contributed by atoms with van der Waals surface area (Å²) in [5.41, 5.74) is -2.06. The van der Waals surface area contributed by atoms with Crippen molar-refractivity contribution in [1.82, 2.24) is 0 Å². The second-order valence-corrected chi connectivity index (χ2v) is 6.12. The van der Waals surface area contributed by atoms with Crippen LogP contribution in [-0.2, 0) is 0 Å². The standard InChI is InChI=1S/C20H12N2O6/c23-17-11-8-4-5-9-12(11)18(24)14-13(17)16(22(27)28)20(26)15(19(14)25)21-10-6-2-1-3-7-10/h1-9,21,25-26H. The van der Waals surface area contributed by atoms with E-state index in [2.05, 4.69) is 5.32 Å². The fourth-order valence-corrected chi connectivity index (χ4v) is 3.26. The van der Waals surface area contributed by atoms with E-state index < -0.39 is 50.5 Å². The zero-order valence-corrected chi connectivity index (χ0v) is 14.2. The highest BCUT2D eigenvalue weighted by Crippen LogP contribution is 2.50. The van der Waals surface area contributed by atoms with Gasteiger partial charge < -0.3 is 15.5 Å². The second kappa shape index (κ2) is 6.20. The summed E-state index contributed by atoms with van der Waals surface area (Å²) in [5.74, 6) is -3.20. The average Bonchev–Trinajstić information content (AvgIpc) is 2.69. The largest absolute Gasteiger partial charge is 0.505 e. The smallest absolute Gasteiger partial charge is 0.325 e. The Morgan fingerprint density at radius 2 is 1.32 bits per heavy atom. The number of aromatic hydroxyl groups is 2. The zero-order chi connectivity index (χ0) is 20.0. The Labute approximate surface area is 157 Å². The fourth-order valence-electron chi connectivity index (χ4n) is 3.26. The number of hydrogen-bond acceptors (Lipinski definition) is 7. The third kappa shape index (κ3) is 2.39. The van der Waals surface area contributed by atoms with Gasteiger partial charge in [-0.2, -0.15) is 0 Å². The number of phenols is 2. The molecule has 138 valence electrons. The number of nitro benzene ring substituents is 1. The Hall–Kier alpha value is -4.20. The highest BCUT2D eigenvalue weighted by atomic mass is 16.6. The molecule has 0 amide bonds. The van der Waals surface area contributed by atoms with Crippen LogP contribution in [0.5, 0.6) is 11.5 Å². The lowest BCUT2D eigenvalue weighted by molar-refractivity contribution is -0.386. The van der Waals surface area contributed by atoms with Crippen LogP contribution < -0.4 is 5.32 Å². The minimum atomic E-state index is -0.942. The number of para-hydroxylation sites is 1. The van der Waals surface area contributed by atoms with Crippen molar-refractivity contribution in [3.8, 4) is 11.5 Å². The first-order chi connectivity index (χ1) is 13.4. The van der Waals surface area contributed by atoms with Crippen molar-refractivity contribution >= 4 is 28.6 Å². The Morgan fingerprint density at radius 3 is 1.89 bits per heavy atom. The summed E-state index contributed by atoms with van der Waals surface area (Å²) < 4.78 is 0. The molecule has 8 heteroatoms. The number of nitro groups is 1. The van der Waals surface area contributed by atoms with Gasteiger partial charge in [0, 0.05) is 16.8 Å². The van der Waals surface area contributed by atoms with E-state index in [1.54, 1.807) is 36.4 Å². The molecule has 1 aliphatic rings. The maximum absolute atomic E-state index is 12.9. The van der Waals surface area contributed by atoms with Gasteiger partial charge >= 0.3 is 5.69 Å². The monoisotopic (exact) mass is 376 g/mol. The molecule has 0 saturated carbocycles. The van der Waals surface area contributed by atoms with Crippen LogP contribution in [0.15, 0.2) is 54.6 Å². The molecule has 0 spiro atoms. The van der Waals surface area contributed by atoms with Crippen LogP contribution in [0.2, 0.25) is 0 Å². The number of phenolic OH excluding ortho intramolecular Hbond substituents is 2. The van der Waals surface area contributed by atoms with E-state index in [0.717, 1.165) is 0 Å². The molecule has 3 aromatic rings. The summed E-state index contributed by atoms with van der Waals surface area (Å²) in [6.07, 6.45) is 0. The van der Waals surface area contributed by atoms with Gasteiger partial charge in [-0.1, -0.05) is 42.5 Å². The number of benzene rings is 3. The third-order valence-electron chi connectivity index (χ3n) is 4.52. The number of ketones is 2. The first-order valence-electron chi connectivity index (χ1n) is 8.18. The van der Waals surface area contributed by atoms with Gasteiger partial charge in [-0.25, -0.2) is 0 Å². The molecule has 0 heterocycles. The van der Waals surface area contributed by atoms with Gasteiger partial charge in [0.2, 0.25) is 11.5 Å². The van der Waals surface area contributed by atoms with Gasteiger partial charge in [-0.05, 0) is 12.1 Å². The topological polar surface area (TPSA) is 130 Å². The second-order valence-electron chi connectivity index (χ2n) is 6.12. The van der Waals surface area contributed by atoms with Crippen molar-refractivity contribution in [2.75, 3.05) is 5.32 Å². The van der Waals surface area contributed by atoms with E-state index in [9.17, 15) is 29.9 Å². The molecule has 3 aromatic carbocycles. The SMILES string of the molecule is O=C1c2ccccc2C(=O)c2c1c(O)c(Nc1ccccc1)c(O)c2[N+](=O)[O-]. The predicted octanol–water partition coefficient (Wildman–Crippen LogP) is 3.53. The van der Waals surface area contributed by atoms with Crippen molar-refractivity contribution in [3.05, 3.63) is 87.0 Å². The molecule has 8 nitrogen and oxygen atoms in total. The van der Waals surface area contributed by atoms with Crippen LogP contribution in [0, 0.1) is 10.1 Å². The van der Waals surface area contributed by atoms with Crippen LogP contribution in [0.25, 0.3) is 0 Å². The molecule has 4 rings (SSSR count). The van der Waals surface area contributed by atoms with Crippen molar-refractivity contribution in [1.29, 1.82) is 0 Å². The van der Waals surface area contributed by atoms with Crippen molar-refractivity contribution in [2.24, 2.45) is 0 Å². The Kier molecular flexibility index (Phi) is 3.82. The van der Waals surface area contributed by atoms with Crippen LogP contribution >= 0.6 is 0 Å². The molecule has 0 fully saturated rings. The highest BCUT2D eigenvalue weighted by molar-refractivity contribution is 6.31. The number of rotatable bonds is 3. The number of carbonyl (C=O) groups excluding carboxylic acids is 2. The Bertz CT molecular complexity index is 1170. The van der Waals surface area contributed by atoms with Gasteiger partial charge in [-0.15, -0.1) is 0 Å². The molecule has 0 unspecified atom stereocenters. The van der Waals surface area contributed by atoms with E-state index in [0.29, 0.717) is 5.69 Å².